The summed E-state index contributed by atoms with van der Waals surface area (Å²) in [4.78, 5) is 11.1. The standard InChI is InChI=1S/C15H11ClO2/c1-2-14(18-15-8-7-13(17)10-15)9-11-3-5-12(16)6-4-11/h1,3-6,9-10H,7-8H2/b14-9+. The number of hydrogen-bond donors (Lipinski definition) is 0. The lowest BCUT2D eigenvalue weighted by Gasteiger charge is -2.05. The van der Waals surface area contributed by atoms with Crippen LogP contribution < -0.4 is 0 Å². The second-order valence-corrected chi connectivity index (χ2v) is 4.32. The van der Waals surface area contributed by atoms with Crippen LogP contribution >= 0.6 is 11.6 Å². The van der Waals surface area contributed by atoms with E-state index in [1.54, 1.807) is 18.2 Å². The number of ether oxygens (including phenoxy) is 1. The van der Waals surface area contributed by atoms with Gasteiger partial charge in [0.1, 0.15) is 5.76 Å². The van der Waals surface area contributed by atoms with Crippen LogP contribution in [0.4, 0.5) is 0 Å². The van der Waals surface area contributed by atoms with Crippen molar-refractivity contribution < 1.29 is 9.53 Å². The zero-order valence-electron chi connectivity index (χ0n) is 9.65. The van der Waals surface area contributed by atoms with Crippen LogP contribution in [0, 0.1) is 12.3 Å². The molecule has 1 aliphatic rings. The van der Waals surface area contributed by atoms with Gasteiger partial charge in [-0.3, -0.25) is 4.79 Å². The summed E-state index contributed by atoms with van der Waals surface area (Å²) in [6, 6.07) is 7.24. The molecule has 2 nitrogen and oxygen atoms in total. The molecular formula is C15H11ClO2. The minimum atomic E-state index is 0.0767. The lowest BCUT2D eigenvalue weighted by atomic mass is 10.2. The summed E-state index contributed by atoms with van der Waals surface area (Å²) in [5, 5.41) is 0.666. The number of ketones is 1. The maximum absolute atomic E-state index is 11.1. The lowest BCUT2D eigenvalue weighted by Crippen LogP contribution is -1.88. The van der Waals surface area contributed by atoms with Crippen molar-refractivity contribution in [1.29, 1.82) is 0 Å². The van der Waals surface area contributed by atoms with Gasteiger partial charge in [-0.2, -0.15) is 0 Å². The van der Waals surface area contributed by atoms with Crippen LogP contribution in [-0.2, 0) is 9.53 Å². The Labute approximate surface area is 111 Å². The number of carbonyl (C=O) groups is 1. The normalized spacial score (nSPS) is 15.2. The molecular weight excluding hydrogens is 248 g/mol. The van der Waals surface area contributed by atoms with Crippen molar-refractivity contribution >= 4 is 23.5 Å². The number of hydrogen-bond acceptors (Lipinski definition) is 2. The van der Waals surface area contributed by atoms with Gasteiger partial charge in [-0.25, -0.2) is 0 Å². The van der Waals surface area contributed by atoms with E-state index in [2.05, 4.69) is 5.92 Å². The molecule has 0 atom stereocenters. The molecule has 18 heavy (non-hydrogen) atoms. The topological polar surface area (TPSA) is 26.3 Å². The third-order valence-corrected chi connectivity index (χ3v) is 2.74. The Balaban J connectivity index is 2.14. The van der Waals surface area contributed by atoms with Gasteiger partial charge >= 0.3 is 0 Å². The Hall–Kier alpha value is -1.98. The zero-order chi connectivity index (χ0) is 13.0. The van der Waals surface area contributed by atoms with E-state index in [-0.39, 0.29) is 5.78 Å². The van der Waals surface area contributed by atoms with Crippen LogP contribution in [0.5, 0.6) is 0 Å². The minimum absolute atomic E-state index is 0.0767. The van der Waals surface area contributed by atoms with E-state index in [1.165, 1.54) is 6.08 Å². The fraction of sp³-hybridized carbons (Fsp3) is 0.133. The smallest absolute Gasteiger partial charge is 0.177 e. The first-order valence-electron chi connectivity index (χ1n) is 5.52. The van der Waals surface area contributed by atoms with Crippen molar-refractivity contribution in [1.82, 2.24) is 0 Å². The van der Waals surface area contributed by atoms with Crippen LogP contribution in [0.15, 0.2) is 41.9 Å². The summed E-state index contributed by atoms with van der Waals surface area (Å²) in [7, 11) is 0. The molecule has 0 heterocycles. The van der Waals surface area contributed by atoms with E-state index >= 15 is 0 Å². The van der Waals surface area contributed by atoms with Crippen LogP contribution in [0.3, 0.4) is 0 Å². The third-order valence-electron chi connectivity index (χ3n) is 2.49. The van der Waals surface area contributed by atoms with Gasteiger partial charge in [0.05, 0.1) is 0 Å². The lowest BCUT2D eigenvalue weighted by molar-refractivity contribution is -0.114. The van der Waals surface area contributed by atoms with E-state index in [1.807, 2.05) is 12.1 Å². The van der Waals surface area contributed by atoms with Gasteiger partial charge in [-0.15, -0.1) is 6.42 Å². The molecule has 0 aromatic heterocycles. The van der Waals surface area contributed by atoms with Gasteiger partial charge < -0.3 is 4.74 Å². The Kier molecular flexibility index (Phi) is 3.86. The third kappa shape index (κ3) is 3.26. The molecule has 1 aliphatic carbocycles. The first kappa shape index (κ1) is 12.5. The van der Waals surface area contributed by atoms with Crippen LogP contribution in [0.1, 0.15) is 18.4 Å². The summed E-state index contributed by atoms with van der Waals surface area (Å²) < 4.78 is 5.50. The summed E-state index contributed by atoms with van der Waals surface area (Å²) in [5.41, 5.74) is 0.900. The molecule has 90 valence electrons. The molecule has 0 saturated carbocycles. The highest BCUT2D eigenvalue weighted by molar-refractivity contribution is 6.30. The van der Waals surface area contributed by atoms with E-state index in [9.17, 15) is 4.79 Å². The molecule has 0 aliphatic heterocycles. The van der Waals surface area contributed by atoms with Crippen LogP contribution in [0.25, 0.3) is 6.08 Å². The second-order valence-electron chi connectivity index (χ2n) is 3.88. The zero-order valence-corrected chi connectivity index (χ0v) is 10.4. The van der Waals surface area contributed by atoms with E-state index in [0.29, 0.717) is 29.4 Å². The summed E-state index contributed by atoms with van der Waals surface area (Å²) in [6.45, 7) is 0. The van der Waals surface area contributed by atoms with E-state index in [0.717, 1.165) is 5.56 Å². The van der Waals surface area contributed by atoms with Crippen LogP contribution in [-0.4, -0.2) is 5.78 Å². The Bertz CT molecular complexity index is 559. The maximum atomic E-state index is 11.1. The molecule has 0 amide bonds. The van der Waals surface area contributed by atoms with E-state index in [4.69, 9.17) is 22.8 Å². The molecule has 1 aromatic rings. The average molecular weight is 259 g/mol. The van der Waals surface area contributed by atoms with Crippen molar-refractivity contribution in [2.24, 2.45) is 0 Å². The molecule has 0 N–H and O–H groups in total. The highest BCUT2D eigenvalue weighted by atomic mass is 35.5. The summed E-state index contributed by atoms with van der Waals surface area (Å²) in [5.74, 6) is 3.55. The molecule has 0 unspecified atom stereocenters. The Morgan fingerprint density at radius 1 is 1.33 bits per heavy atom. The van der Waals surface area contributed by atoms with Gasteiger partial charge in [0.25, 0.3) is 0 Å². The second kappa shape index (κ2) is 5.57. The summed E-state index contributed by atoms with van der Waals surface area (Å²) in [6.07, 6.45) is 9.71. The molecule has 0 bridgehead atoms. The first-order chi connectivity index (χ1) is 8.67. The molecule has 0 saturated heterocycles. The number of allylic oxidation sites excluding steroid dienone is 3. The fourth-order valence-corrected chi connectivity index (χ4v) is 1.73. The van der Waals surface area contributed by atoms with Crippen molar-refractivity contribution in [2.75, 3.05) is 0 Å². The van der Waals surface area contributed by atoms with Gasteiger partial charge in [-0.05, 0) is 29.7 Å². The quantitative estimate of drug-likeness (QED) is 0.612. The largest absolute Gasteiger partial charge is 0.453 e. The van der Waals surface area contributed by atoms with Gasteiger partial charge in [0.2, 0.25) is 0 Å². The average Bonchev–Trinajstić information content (AvgIpc) is 2.77. The molecule has 2 rings (SSSR count). The molecule has 0 radical (unpaired) electrons. The number of carbonyl (C=O) groups excluding carboxylic acids is 1. The predicted molar refractivity (Wildman–Crippen MR) is 71.7 cm³/mol. The summed E-state index contributed by atoms with van der Waals surface area (Å²) >= 11 is 5.80. The highest BCUT2D eigenvalue weighted by Gasteiger charge is 2.14. The van der Waals surface area contributed by atoms with Gasteiger partial charge in [0.15, 0.2) is 11.5 Å². The molecule has 3 heteroatoms. The molecule has 1 aromatic carbocycles. The first-order valence-corrected chi connectivity index (χ1v) is 5.90. The van der Waals surface area contributed by atoms with Gasteiger partial charge in [-0.1, -0.05) is 23.7 Å². The molecule has 0 spiro atoms. The Morgan fingerprint density at radius 3 is 2.61 bits per heavy atom. The molecule has 0 fully saturated rings. The monoisotopic (exact) mass is 258 g/mol. The van der Waals surface area contributed by atoms with Crippen molar-refractivity contribution in [3.8, 4) is 12.3 Å². The number of rotatable bonds is 3. The Morgan fingerprint density at radius 2 is 2.06 bits per heavy atom. The number of halogens is 1. The van der Waals surface area contributed by atoms with Crippen molar-refractivity contribution in [3.05, 3.63) is 52.4 Å². The van der Waals surface area contributed by atoms with Crippen molar-refractivity contribution in [3.63, 3.8) is 0 Å². The minimum Gasteiger partial charge on any atom is -0.453 e. The van der Waals surface area contributed by atoms with Crippen molar-refractivity contribution in [2.45, 2.75) is 12.8 Å². The van der Waals surface area contributed by atoms with Gasteiger partial charge in [0, 0.05) is 23.9 Å². The predicted octanol–water partition coefficient (Wildman–Crippen LogP) is 3.58. The maximum Gasteiger partial charge on any atom is 0.177 e. The van der Waals surface area contributed by atoms with Crippen LogP contribution in [0.2, 0.25) is 5.02 Å². The number of benzene rings is 1. The SMILES string of the molecule is C#C/C(=C\c1ccc(Cl)cc1)OC1=CC(=O)CC1. The number of terminal acetylenes is 1. The fourth-order valence-electron chi connectivity index (χ4n) is 1.60. The van der Waals surface area contributed by atoms with E-state index < -0.39 is 0 Å². The highest BCUT2D eigenvalue weighted by Crippen LogP contribution is 2.20.